The molecule has 2 aromatic rings. The number of carboxylic acid groups (broad SMARTS) is 1. The van der Waals surface area contributed by atoms with Gasteiger partial charge in [0.1, 0.15) is 11.3 Å². The van der Waals surface area contributed by atoms with Gasteiger partial charge in [-0.1, -0.05) is 12.1 Å². The van der Waals surface area contributed by atoms with Crippen molar-refractivity contribution in [1.29, 1.82) is 0 Å². The highest BCUT2D eigenvalue weighted by Crippen LogP contribution is 2.34. The second-order valence-corrected chi connectivity index (χ2v) is 6.48. The summed E-state index contributed by atoms with van der Waals surface area (Å²) in [6.07, 6.45) is 4.90. The van der Waals surface area contributed by atoms with Crippen LogP contribution in [0.1, 0.15) is 16.1 Å². The summed E-state index contributed by atoms with van der Waals surface area (Å²) in [5.41, 5.74) is 0.769. The molecule has 0 unspecified atom stereocenters. The van der Waals surface area contributed by atoms with E-state index in [0.717, 1.165) is 0 Å². The van der Waals surface area contributed by atoms with E-state index in [-0.39, 0.29) is 18.0 Å². The standard InChI is InChI=1S/C19H15N3O4S/c1-2-9-22-17(24)16(11-12-5-3-4-8-20-12)27-19(22)21-13-6-7-14(18(25)26)15(23)10-13/h2-8,10-11,23H,1,9H2,(H,25,26)/b16-11-,21-19?. The minimum absolute atomic E-state index is 0.215. The van der Waals surface area contributed by atoms with Crippen LogP contribution in [0.25, 0.3) is 6.08 Å². The third kappa shape index (κ3) is 4.06. The van der Waals surface area contributed by atoms with Gasteiger partial charge >= 0.3 is 5.97 Å². The fourth-order valence-electron chi connectivity index (χ4n) is 2.36. The number of aliphatic imine (C=N–C) groups is 1. The molecule has 0 bridgehead atoms. The van der Waals surface area contributed by atoms with Gasteiger partial charge in [0.25, 0.3) is 5.91 Å². The summed E-state index contributed by atoms with van der Waals surface area (Å²) in [6, 6.07) is 9.38. The number of benzene rings is 1. The number of carbonyl (C=O) groups excluding carboxylic acids is 1. The molecule has 1 fully saturated rings. The molecule has 1 aromatic heterocycles. The number of thioether (sulfide) groups is 1. The molecular formula is C19H15N3O4S. The highest BCUT2D eigenvalue weighted by Gasteiger charge is 2.32. The zero-order chi connectivity index (χ0) is 19.4. The minimum Gasteiger partial charge on any atom is -0.507 e. The van der Waals surface area contributed by atoms with Crippen molar-refractivity contribution < 1.29 is 19.8 Å². The lowest BCUT2D eigenvalue weighted by atomic mass is 10.2. The molecule has 0 saturated carbocycles. The van der Waals surface area contributed by atoms with Crippen molar-refractivity contribution in [3.63, 3.8) is 0 Å². The lowest BCUT2D eigenvalue weighted by Crippen LogP contribution is -2.29. The highest BCUT2D eigenvalue weighted by atomic mass is 32.2. The molecule has 3 rings (SSSR count). The first-order chi connectivity index (χ1) is 13.0. The van der Waals surface area contributed by atoms with Crippen LogP contribution in [0.2, 0.25) is 0 Å². The predicted molar refractivity (Wildman–Crippen MR) is 104 cm³/mol. The molecule has 2 N–H and O–H groups in total. The summed E-state index contributed by atoms with van der Waals surface area (Å²) < 4.78 is 0. The Morgan fingerprint density at radius 3 is 2.78 bits per heavy atom. The number of carboxylic acids is 1. The zero-order valence-corrected chi connectivity index (χ0v) is 14.9. The third-order valence-electron chi connectivity index (χ3n) is 3.60. The quantitative estimate of drug-likeness (QED) is 0.609. The van der Waals surface area contributed by atoms with Crippen LogP contribution in [0, 0.1) is 0 Å². The normalized spacial score (nSPS) is 16.9. The molecule has 0 atom stereocenters. The minimum atomic E-state index is -1.23. The van der Waals surface area contributed by atoms with Gasteiger partial charge in [-0.25, -0.2) is 9.79 Å². The number of aromatic nitrogens is 1. The summed E-state index contributed by atoms with van der Waals surface area (Å²) in [5.74, 6) is -1.85. The Morgan fingerprint density at radius 1 is 1.33 bits per heavy atom. The number of pyridine rings is 1. The van der Waals surface area contributed by atoms with E-state index in [1.807, 2.05) is 6.07 Å². The molecule has 1 aliphatic rings. The Kier molecular flexibility index (Phi) is 5.37. The van der Waals surface area contributed by atoms with E-state index in [1.165, 1.54) is 34.9 Å². The monoisotopic (exact) mass is 381 g/mol. The van der Waals surface area contributed by atoms with E-state index in [4.69, 9.17) is 5.11 Å². The average molecular weight is 381 g/mol. The van der Waals surface area contributed by atoms with Gasteiger partial charge in [-0.05, 0) is 42.1 Å². The molecule has 1 aliphatic heterocycles. The Balaban J connectivity index is 1.96. The molecule has 0 aliphatic carbocycles. The van der Waals surface area contributed by atoms with E-state index in [9.17, 15) is 14.7 Å². The van der Waals surface area contributed by atoms with Gasteiger partial charge in [0, 0.05) is 18.8 Å². The number of aromatic hydroxyl groups is 1. The lowest BCUT2D eigenvalue weighted by molar-refractivity contribution is -0.121. The fraction of sp³-hybridized carbons (Fsp3) is 0.0526. The Hall–Kier alpha value is -3.39. The van der Waals surface area contributed by atoms with Crippen molar-refractivity contribution in [2.24, 2.45) is 4.99 Å². The van der Waals surface area contributed by atoms with E-state index in [2.05, 4.69) is 16.6 Å². The number of amides is 1. The maximum atomic E-state index is 12.7. The first kappa shape index (κ1) is 18.4. The summed E-state index contributed by atoms with van der Waals surface area (Å²) >= 11 is 1.17. The van der Waals surface area contributed by atoms with Crippen LogP contribution in [0.15, 0.2) is 65.1 Å². The molecule has 0 spiro atoms. The molecular weight excluding hydrogens is 366 g/mol. The van der Waals surface area contributed by atoms with Gasteiger partial charge in [0.2, 0.25) is 0 Å². The summed E-state index contributed by atoms with van der Waals surface area (Å²) in [6.45, 7) is 3.93. The van der Waals surface area contributed by atoms with Crippen LogP contribution in [0.4, 0.5) is 5.69 Å². The third-order valence-corrected chi connectivity index (χ3v) is 4.61. The van der Waals surface area contributed by atoms with Gasteiger partial charge in [-0.15, -0.1) is 6.58 Å². The van der Waals surface area contributed by atoms with Crippen LogP contribution < -0.4 is 0 Å². The first-order valence-corrected chi connectivity index (χ1v) is 8.69. The largest absolute Gasteiger partial charge is 0.507 e. The molecule has 7 nitrogen and oxygen atoms in total. The van der Waals surface area contributed by atoms with Gasteiger partial charge in [-0.3, -0.25) is 14.7 Å². The fourth-order valence-corrected chi connectivity index (χ4v) is 3.35. The molecule has 136 valence electrons. The summed E-state index contributed by atoms with van der Waals surface area (Å²) in [7, 11) is 0. The van der Waals surface area contributed by atoms with Crippen LogP contribution in [-0.2, 0) is 4.79 Å². The van der Waals surface area contributed by atoms with Crippen molar-refractivity contribution in [3.05, 3.63) is 71.4 Å². The Morgan fingerprint density at radius 2 is 2.15 bits per heavy atom. The molecule has 27 heavy (non-hydrogen) atoms. The maximum Gasteiger partial charge on any atom is 0.339 e. The number of nitrogens with zero attached hydrogens (tertiary/aromatic N) is 3. The van der Waals surface area contributed by atoms with E-state index < -0.39 is 11.7 Å². The average Bonchev–Trinajstić information content (AvgIpc) is 2.91. The van der Waals surface area contributed by atoms with E-state index in [1.54, 1.807) is 30.5 Å². The first-order valence-electron chi connectivity index (χ1n) is 7.88. The second kappa shape index (κ2) is 7.88. The van der Waals surface area contributed by atoms with E-state index in [0.29, 0.717) is 21.5 Å². The lowest BCUT2D eigenvalue weighted by Gasteiger charge is -2.12. The SMILES string of the molecule is C=CCN1C(=O)/C(=C/c2ccccn2)SC1=Nc1ccc(C(=O)O)c(O)c1. The number of amidine groups is 1. The van der Waals surface area contributed by atoms with Crippen molar-refractivity contribution >= 4 is 40.6 Å². The van der Waals surface area contributed by atoms with Crippen molar-refractivity contribution in [3.8, 4) is 5.75 Å². The molecule has 1 aromatic carbocycles. The number of hydrogen-bond acceptors (Lipinski definition) is 6. The summed E-state index contributed by atoms with van der Waals surface area (Å²) in [5, 5.41) is 19.2. The van der Waals surface area contributed by atoms with Crippen molar-refractivity contribution in [2.45, 2.75) is 0 Å². The predicted octanol–water partition coefficient (Wildman–Crippen LogP) is 3.28. The topological polar surface area (TPSA) is 103 Å². The Bertz CT molecular complexity index is 970. The molecule has 2 heterocycles. The maximum absolute atomic E-state index is 12.7. The van der Waals surface area contributed by atoms with E-state index >= 15 is 0 Å². The van der Waals surface area contributed by atoms with Crippen LogP contribution >= 0.6 is 11.8 Å². The zero-order valence-electron chi connectivity index (χ0n) is 14.1. The number of carbonyl (C=O) groups is 2. The molecule has 1 amide bonds. The van der Waals surface area contributed by atoms with Crippen LogP contribution in [0.3, 0.4) is 0 Å². The highest BCUT2D eigenvalue weighted by molar-refractivity contribution is 8.18. The number of aromatic carboxylic acids is 1. The summed E-state index contributed by atoms with van der Waals surface area (Å²) in [4.78, 5) is 34.1. The Labute approximate surface area is 159 Å². The second-order valence-electron chi connectivity index (χ2n) is 5.47. The van der Waals surface area contributed by atoms with Crippen molar-refractivity contribution in [2.75, 3.05) is 6.54 Å². The molecule has 1 saturated heterocycles. The van der Waals surface area contributed by atoms with Crippen LogP contribution in [-0.4, -0.2) is 43.7 Å². The molecule has 8 heteroatoms. The van der Waals surface area contributed by atoms with Gasteiger partial charge in [-0.2, -0.15) is 0 Å². The van der Waals surface area contributed by atoms with Gasteiger partial charge in [0.15, 0.2) is 5.17 Å². The molecule has 0 radical (unpaired) electrons. The van der Waals surface area contributed by atoms with Gasteiger partial charge < -0.3 is 10.2 Å². The number of rotatable bonds is 5. The van der Waals surface area contributed by atoms with Crippen LogP contribution in [0.5, 0.6) is 5.75 Å². The van der Waals surface area contributed by atoms with Gasteiger partial charge in [0.05, 0.1) is 16.3 Å². The number of hydrogen-bond donors (Lipinski definition) is 2. The van der Waals surface area contributed by atoms with Crippen molar-refractivity contribution in [1.82, 2.24) is 9.88 Å². The number of phenols is 1. The smallest absolute Gasteiger partial charge is 0.339 e.